The third-order valence-corrected chi connectivity index (χ3v) is 11.0. The molecule has 1 fully saturated rings. The summed E-state index contributed by atoms with van der Waals surface area (Å²) >= 11 is 14.9. The molecule has 3 atom stereocenters. The van der Waals surface area contributed by atoms with Gasteiger partial charge in [0.25, 0.3) is 11.5 Å². The minimum Gasteiger partial charge on any atom is -0.477 e. The van der Waals surface area contributed by atoms with Gasteiger partial charge in [0.15, 0.2) is 6.61 Å². The molecule has 4 amide bonds. The predicted octanol–water partition coefficient (Wildman–Crippen LogP) is 4.50. The third-order valence-electron chi connectivity index (χ3n) is 8.38. The van der Waals surface area contributed by atoms with Gasteiger partial charge in [-0.25, -0.2) is 19.4 Å². The quantitative estimate of drug-likeness (QED) is 0.0938. The average Bonchev–Trinajstić information content (AvgIpc) is 3.68. The van der Waals surface area contributed by atoms with Crippen LogP contribution in [-0.2, 0) is 58.3 Å². The Kier molecular flexibility index (Phi) is 14.8. The number of fused-ring (bicyclic) bond motifs is 2. The van der Waals surface area contributed by atoms with Gasteiger partial charge in [0.05, 0.1) is 22.9 Å². The molecule has 1 radical (unpaired) electrons. The molecule has 57 heavy (non-hydrogen) atoms. The van der Waals surface area contributed by atoms with Crippen molar-refractivity contribution in [2.75, 3.05) is 25.4 Å². The third kappa shape index (κ3) is 10.2. The van der Waals surface area contributed by atoms with Crippen LogP contribution in [0.3, 0.4) is 0 Å². The fourth-order valence-corrected chi connectivity index (χ4v) is 8.04. The number of hydrogen-bond donors (Lipinski definition) is 4. The molecule has 0 spiro atoms. The number of alkyl carbamates (subject to hydrolysis) is 1. The smallest absolute Gasteiger partial charge is 0.410 e. The molecule has 0 bridgehead atoms. The van der Waals surface area contributed by atoms with Gasteiger partial charge in [-0.2, -0.15) is 0 Å². The summed E-state index contributed by atoms with van der Waals surface area (Å²) in [5, 5.41) is 17.2. The average molecular weight is 927 g/mol. The van der Waals surface area contributed by atoms with E-state index < -0.39 is 53.7 Å². The maximum absolute atomic E-state index is 13.3. The SMILES string of the molecule is [CH2-]CN(C(=O)Oc1ccc(Cl)cc1-c1nc2ccc(Cl)cc2c(=O)[nH]1)C([CH2-])CNC(=O)OCC#CC1=C(C(=O)O)N2C(=O)C(NC(=O)Cc3cccs3)C2SC1.[Y]. The van der Waals surface area contributed by atoms with Gasteiger partial charge < -0.3 is 48.9 Å². The van der Waals surface area contributed by atoms with Crippen molar-refractivity contribution in [2.45, 2.75) is 23.9 Å². The van der Waals surface area contributed by atoms with Crippen molar-refractivity contribution in [3.63, 3.8) is 0 Å². The first-order valence-electron chi connectivity index (χ1n) is 16.6. The number of β-lactam (4-membered cyclic amide) rings is 1. The summed E-state index contributed by atoms with van der Waals surface area (Å²) < 4.78 is 10.7. The van der Waals surface area contributed by atoms with Crippen molar-refractivity contribution < 1.29 is 71.3 Å². The molecule has 20 heteroatoms. The zero-order valence-electron chi connectivity index (χ0n) is 29.6. The van der Waals surface area contributed by atoms with E-state index >= 15 is 0 Å². The number of halogens is 2. The Bertz CT molecular complexity index is 2380. The van der Waals surface area contributed by atoms with Gasteiger partial charge in [0, 0.05) is 65.5 Å². The van der Waals surface area contributed by atoms with Gasteiger partial charge in [-0.3, -0.25) is 19.3 Å². The number of nitrogens with one attached hydrogen (secondary N) is 3. The summed E-state index contributed by atoms with van der Waals surface area (Å²) in [5.74, 6) is 3.27. The molecule has 6 rings (SSSR count). The monoisotopic (exact) mass is 925 g/mol. The van der Waals surface area contributed by atoms with Crippen molar-refractivity contribution in [1.29, 1.82) is 0 Å². The largest absolute Gasteiger partial charge is 0.477 e. The van der Waals surface area contributed by atoms with Crippen molar-refractivity contribution in [3.05, 3.63) is 104 Å². The number of aliphatic carboxylic acids is 1. The Morgan fingerprint density at radius 2 is 1.89 bits per heavy atom. The van der Waals surface area contributed by atoms with Crippen LogP contribution in [0.1, 0.15) is 4.88 Å². The molecule has 1 saturated heterocycles. The summed E-state index contributed by atoms with van der Waals surface area (Å²) in [6.45, 7) is 6.96. The molecule has 293 valence electrons. The number of aromatic nitrogens is 2. The van der Waals surface area contributed by atoms with E-state index in [9.17, 15) is 33.9 Å². The molecular formula is C37H30Cl2N6O9S2Y-2. The van der Waals surface area contributed by atoms with E-state index in [4.69, 9.17) is 32.7 Å². The Morgan fingerprint density at radius 3 is 2.61 bits per heavy atom. The predicted molar refractivity (Wildman–Crippen MR) is 210 cm³/mol. The fourth-order valence-electron chi connectivity index (χ4n) is 5.71. The van der Waals surface area contributed by atoms with E-state index in [0.717, 1.165) is 14.7 Å². The molecule has 4 aromatic rings. The molecule has 2 aliphatic heterocycles. The number of hydrogen-bond acceptors (Lipinski definition) is 11. The summed E-state index contributed by atoms with van der Waals surface area (Å²) in [5.41, 5.74) is -0.0371. The standard InChI is InChI=1S/C37H30Cl2N6O9S2.Y/c1-3-44(37(52)54-27-11-9-22(39)15-25(27)31-41-26-10-8-21(38)14-24(26)32(47)43-31)19(2)17-40-36(51)53-12-4-6-20-18-56-34-29(33(48)45(34)30(20)35(49)50)42-28(46)16-23-7-5-13-55-23;/h5,7-11,13-15,19,29,34H,1-3,12,16-18H2,(H,40,51)(H,42,46)(H,49,50)(H,41,43,47);/q-2;. The van der Waals surface area contributed by atoms with Crippen molar-refractivity contribution in [2.24, 2.45) is 0 Å². The van der Waals surface area contributed by atoms with Crippen LogP contribution in [0.2, 0.25) is 10.0 Å². The van der Waals surface area contributed by atoms with E-state index in [2.05, 4.69) is 46.3 Å². The fraction of sp³-hybridized carbons (Fsp3) is 0.216. The maximum Gasteiger partial charge on any atom is 0.410 e. The number of benzene rings is 2. The Balaban J connectivity index is 0.00000620. The number of nitrogens with zero attached hydrogens (tertiary/aromatic N) is 3. The molecule has 2 aliphatic rings. The molecule has 4 N–H and O–H groups in total. The van der Waals surface area contributed by atoms with Crippen LogP contribution >= 0.6 is 46.3 Å². The normalized spacial score (nSPS) is 16.2. The van der Waals surface area contributed by atoms with E-state index in [1.54, 1.807) is 12.1 Å². The van der Waals surface area contributed by atoms with Crippen LogP contribution < -0.4 is 20.9 Å². The van der Waals surface area contributed by atoms with Crippen LogP contribution in [0.25, 0.3) is 22.3 Å². The number of carboxylic acid groups (broad SMARTS) is 1. The molecule has 3 unspecified atom stereocenters. The number of rotatable bonds is 11. The number of aromatic amines is 1. The minimum absolute atomic E-state index is 0. The molecular weight excluding hydrogens is 896 g/mol. The number of ether oxygens (including phenoxy) is 2. The molecule has 2 aromatic heterocycles. The van der Waals surface area contributed by atoms with Crippen LogP contribution in [0.4, 0.5) is 9.59 Å². The summed E-state index contributed by atoms with van der Waals surface area (Å²) in [7, 11) is 0. The summed E-state index contributed by atoms with van der Waals surface area (Å²) in [6.07, 6.45) is -1.66. The van der Waals surface area contributed by atoms with E-state index in [1.807, 2.05) is 17.5 Å². The van der Waals surface area contributed by atoms with Gasteiger partial charge in [0.2, 0.25) is 5.91 Å². The molecule has 4 heterocycles. The second kappa shape index (κ2) is 19.3. The Hall–Kier alpha value is -4.44. The van der Waals surface area contributed by atoms with E-state index in [0.29, 0.717) is 10.5 Å². The second-order valence-electron chi connectivity index (χ2n) is 12.0. The van der Waals surface area contributed by atoms with Gasteiger partial charge in [-0.05, 0) is 47.8 Å². The van der Waals surface area contributed by atoms with Crippen LogP contribution in [0, 0.1) is 25.7 Å². The maximum atomic E-state index is 13.3. The number of carbonyl (C=O) groups excluding carboxylic acids is 4. The Labute approximate surface area is 368 Å². The molecule has 0 aliphatic carbocycles. The molecule has 15 nitrogen and oxygen atoms in total. The number of carbonyl (C=O) groups is 5. The number of thiophene rings is 1. The topological polar surface area (TPSA) is 200 Å². The summed E-state index contributed by atoms with van der Waals surface area (Å²) in [4.78, 5) is 86.2. The minimum atomic E-state index is -1.36. The van der Waals surface area contributed by atoms with Crippen LogP contribution in [0.5, 0.6) is 5.75 Å². The summed E-state index contributed by atoms with van der Waals surface area (Å²) in [6, 6.07) is 10.9. The van der Waals surface area contributed by atoms with Crippen LogP contribution in [-0.4, -0.2) is 97.8 Å². The van der Waals surface area contributed by atoms with Crippen molar-refractivity contribution in [1.82, 2.24) is 30.4 Å². The molecule has 2 aromatic carbocycles. The first-order valence-corrected chi connectivity index (χ1v) is 19.3. The van der Waals surface area contributed by atoms with Crippen molar-refractivity contribution >= 4 is 87.2 Å². The van der Waals surface area contributed by atoms with Crippen molar-refractivity contribution in [3.8, 4) is 29.0 Å². The number of amides is 4. The molecule has 0 saturated carbocycles. The Morgan fingerprint density at radius 1 is 1.14 bits per heavy atom. The van der Waals surface area contributed by atoms with E-state index in [-0.39, 0.29) is 103 Å². The van der Waals surface area contributed by atoms with E-state index in [1.165, 1.54) is 47.4 Å². The second-order valence-corrected chi connectivity index (χ2v) is 15.0. The van der Waals surface area contributed by atoms with Gasteiger partial charge in [-0.1, -0.05) is 47.2 Å². The van der Waals surface area contributed by atoms with Gasteiger partial charge >= 0.3 is 18.2 Å². The van der Waals surface area contributed by atoms with Gasteiger partial charge in [-0.15, -0.1) is 29.6 Å². The zero-order valence-corrected chi connectivity index (χ0v) is 35.6. The number of carboxylic acids is 1. The number of thioether (sulfide) groups is 1. The van der Waals surface area contributed by atoms with Crippen LogP contribution in [0.15, 0.2) is 70.0 Å². The zero-order chi connectivity index (χ0) is 40.1. The van der Waals surface area contributed by atoms with Gasteiger partial charge in [0.1, 0.15) is 28.7 Å². The number of H-pyrrole nitrogens is 1. The first kappa shape index (κ1) is 43.7. The first-order chi connectivity index (χ1) is 26.8.